The van der Waals surface area contributed by atoms with Crippen molar-refractivity contribution in [1.82, 2.24) is 9.80 Å². The average molecular weight is 784 g/mol. The molecule has 0 radical (unpaired) electrons. The van der Waals surface area contributed by atoms with E-state index in [1.54, 1.807) is 0 Å². The number of amides is 1. The second-order valence-electron chi connectivity index (χ2n) is 14.8. The van der Waals surface area contributed by atoms with E-state index in [1.807, 2.05) is 36.4 Å². The predicted molar refractivity (Wildman–Crippen MR) is 213 cm³/mol. The highest BCUT2D eigenvalue weighted by atomic mass is 127. The van der Waals surface area contributed by atoms with Crippen molar-refractivity contribution in [3.05, 3.63) is 132 Å². The topological polar surface area (TPSA) is 66.6 Å². The minimum absolute atomic E-state index is 0.152. The van der Waals surface area contributed by atoms with E-state index in [9.17, 15) is 9.59 Å². The summed E-state index contributed by atoms with van der Waals surface area (Å²) in [6.45, 7) is 6.19. The number of benzene rings is 3. The Morgan fingerprint density at radius 2 is 1.14 bits per heavy atom. The molecule has 0 saturated carbocycles. The van der Waals surface area contributed by atoms with Crippen molar-refractivity contribution < 1.29 is 9.59 Å². The Hall–Kier alpha value is -3.07. The van der Waals surface area contributed by atoms with Crippen LogP contribution in [0.4, 0.5) is 0 Å². The second kappa shape index (κ2) is 17.4. The Morgan fingerprint density at radius 3 is 1.62 bits per heavy atom. The van der Waals surface area contributed by atoms with Gasteiger partial charge < -0.3 is 15.5 Å². The monoisotopic (exact) mass is 783 g/mol. The Balaban J connectivity index is 0.943. The van der Waals surface area contributed by atoms with Gasteiger partial charge in [0.2, 0.25) is 9.70 Å². The maximum atomic E-state index is 13.6. The molecule has 0 bridgehead atoms. The Kier molecular flexibility index (Phi) is 12.8. The summed E-state index contributed by atoms with van der Waals surface area (Å²) < 4.78 is 0.280. The van der Waals surface area contributed by atoms with Crippen LogP contribution in [0.15, 0.2) is 115 Å². The Labute approximate surface area is 313 Å². The smallest absolute Gasteiger partial charge is 0.232 e. The van der Waals surface area contributed by atoms with Crippen molar-refractivity contribution in [3.8, 4) is 0 Å². The van der Waals surface area contributed by atoms with Crippen molar-refractivity contribution in [2.24, 2.45) is 23.5 Å². The molecule has 2 fully saturated rings. The van der Waals surface area contributed by atoms with Crippen molar-refractivity contribution in [2.45, 2.75) is 68.6 Å². The summed E-state index contributed by atoms with van der Waals surface area (Å²) in [7, 11) is 0. The van der Waals surface area contributed by atoms with E-state index in [4.69, 9.17) is 5.73 Å². The number of halogens is 1. The minimum atomic E-state index is -0.814. The lowest BCUT2D eigenvalue weighted by Crippen LogP contribution is -2.49. The van der Waals surface area contributed by atoms with E-state index in [1.165, 1.54) is 44.1 Å². The Bertz CT molecular complexity index is 1550. The van der Waals surface area contributed by atoms with Crippen molar-refractivity contribution in [2.75, 3.05) is 39.3 Å². The van der Waals surface area contributed by atoms with Crippen molar-refractivity contribution >= 4 is 32.3 Å². The van der Waals surface area contributed by atoms with E-state index in [0.717, 1.165) is 69.7 Å². The molecule has 1 amide bonds. The van der Waals surface area contributed by atoms with Gasteiger partial charge in [0.15, 0.2) is 0 Å². The zero-order chi connectivity index (χ0) is 34.8. The lowest BCUT2D eigenvalue weighted by molar-refractivity contribution is -0.123. The molecule has 3 aromatic carbocycles. The quantitative estimate of drug-likeness (QED) is 0.0848. The molecule has 2 saturated heterocycles. The lowest BCUT2D eigenvalue weighted by atomic mass is 9.61. The molecular weight excluding hydrogens is 729 g/mol. The number of carbonyl (C=O) groups excluding carboxylic acids is 2. The summed E-state index contributed by atoms with van der Waals surface area (Å²) in [4.78, 5) is 32.2. The highest BCUT2D eigenvalue weighted by Gasteiger charge is 2.52. The molecule has 6 rings (SSSR count). The second-order valence-corrected chi connectivity index (χ2v) is 15.7. The lowest BCUT2D eigenvalue weighted by Gasteiger charge is -2.42. The van der Waals surface area contributed by atoms with Gasteiger partial charge in [-0.2, -0.15) is 0 Å². The van der Waals surface area contributed by atoms with Gasteiger partial charge in [-0.15, -0.1) is 0 Å². The fraction of sp³-hybridized carbons (Fsp3) is 0.455. The molecule has 1 aliphatic carbocycles. The highest BCUT2D eigenvalue weighted by Crippen LogP contribution is 2.49. The molecule has 4 unspecified atom stereocenters. The molecule has 264 valence electrons. The van der Waals surface area contributed by atoms with Gasteiger partial charge in [0.1, 0.15) is 5.41 Å². The van der Waals surface area contributed by atoms with E-state index in [-0.39, 0.29) is 21.5 Å². The zero-order valence-corrected chi connectivity index (χ0v) is 31.6. The number of rotatable bonds is 17. The first-order chi connectivity index (χ1) is 24.5. The fourth-order valence-electron chi connectivity index (χ4n) is 9.50. The number of hydrogen-bond donors (Lipinski definition) is 1. The van der Waals surface area contributed by atoms with E-state index in [0.29, 0.717) is 5.92 Å². The number of primary amides is 1. The van der Waals surface area contributed by atoms with E-state index in [2.05, 4.69) is 111 Å². The molecule has 6 heteroatoms. The van der Waals surface area contributed by atoms with Crippen LogP contribution in [0.25, 0.3) is 0 Å². The minimum Gasteiger partial charge on any atom is -0.369 e. The number of carbonyl (C=O) groups is 2. The number of nitrogens with two attached hydrogens (primary N) is 1. The number of hydrogen-bond acceptors (Lipinski definition) is 4. The Morgan fingerprint density at radius 1 is 0.660 bits per heavy atom. The third-order valence-corrected chi connectivity index (χ3v) is 12.9. The van der Waals surface area contributed by atoms with Crippen LogP contribution in [0.3, 0.4) is 0 Å². The normalized spacial score (nSPS) is 22.5. The van der Waals surface area contributed by atoms with Crippen LogP contribution in [0, 0.1) is 17.8 Å². The van der Waals surface area contributed by atoms with Crippen LogP contribution in [0.2, 0.25) is 0 Å². The maximum Gasteiger partial charge on any atom is 0.232 e. The first kappa shape index (κ1) is 36.7. The van der Waals surface area contributed by atoms with Gasteiger partial charge in [-0.25, -0.2) is 0 Å². The van der Waals surface area contributed by atoms with Crippen LogP contribution < -0.4 is 5.73 Å². The number of nitrogens with zero attached hydrogens (tertiary/aromatic N) is 2. The molecule has 50 heavy (non-hydrogen) atoms. The summed E-state index contributed by atoms with van der Waals surface area (Å²) in [5, 5.41) is 0. The first-order valence-electron chi connectivity index (χ1n) is 18.9. The number of allylic oxidation sites excluding steroid dienone is 4. The molecule has 3 aliphatic rings. The van der Waals surface area contributed by atoms with Crippen molar-refractivity contribution in [1.29, 1.82) is 0 Å². The van der Waals surface area contributed by atoms with Crippen LogP contribution >= 0.6 is 22.6 Å². The fourth-order valence-corrected chi connectivity index (χ4v) is 10.7. The summed E-state index contributed by atoms with van der Waals surface area (Å²) in [5.41, 5.74) is 8.19. The molecule has 0 spiro atoms. The van der Waals surface area contributed by atoms with Gasteiger partial charge in [-0.3, -0.25) is 9.59 Å². The van der Waals surface area contributed by atoms with E-state index < -0.39 is 10.8 Å². The average Bonchev–Trinajstić information content (AvgIpc) is 3.82. The molecule has 4 atom stereocenters. The van der Waals surface area contributed by atoms with Gasteiger partial charge in [0, 0.05) is 35.7 Å². The third-order valence-electron chi connectivity index (χ3n) is 12.0. The highest BCUT2D eigenvalue weighted by molar-refractivity contribution is 14.1. The summed E-state index contributed by atoms with van der Waals surface area (Å²) in [6, 6.07) is 30.9. The summed E-state index contributed by atoms with van der Waals surface area (Å²) in [6.07, 6.45) is 19.2. The van der Waals surface area contributed by atoms with Crippen LogP contribution in [-0.2, 0) is 20.4 Å². The third kappa shape index (κ3) is 7.73. The number of unbranched alkanes of at least 4 members (excludes halogenated alkanes) is 5. The van der Waals surface area contributed by atoms with Gasteiger partial charge in [-0.1, -0.05) is 141 Å². The predicted octanol–water partition coefficient (Wildman–Crippen LogP) is 8.47. The van der Waals surface area contributed by atoms with Crippen LogP contribution in [-0.4, -0.2) is 58.8 Å². The van der Waals surface area contributed by atoms with Gasteiger partial charge in [-0.05, 0) is 92.7 Å². The standard InChI is InChI=1S/C44H54IN3O2/c45-41(49)43(35-19-9-5-10-20-35,36-21-11-6-12-22-36)39-27-31-47(33-39)29-17-3-1-2-4-18-30-48-32-28-40(34-48)44(42(46)50,37-23-13-7-14-24-37)38-25-15-8-16-26-38/h5-16,19-21,23-26,36,39-40H,1-4,17-18,22,27-34H2,(H2,46,50). The zero-order valence-electron chi connectivity index (χ0n) is 29.5. The van der Waals surface area contributed by atoms with Crippen LogP contribution in [0.5, 0.6) is 0 Å². The van der Waals surface area contributed by atoms with Gasteiger partial charge in [0.25, 0.3) is 0 Å². The molecule has 3 aromatic rings. The molecule has 0 aromatic heterocycles. The van der Waals surface area contributed by atoms with Gasteiger partial charge in [0.05, 0.1) is 5.41 Å². The molecule has 2 N–H and O–H groups in total. The van der Waals surface area contributed by atoms with Crippen LogP contribution in [0.1, 0.15) is 74.5 Å². The molecular formula is C44H54IN3O2. The largest absolute Gasteiger partial charge is 0.369 e. The van der Waals surface area contributed by atoms with E-state index >= 15 is 0 Å². The van der Waals surface area contributed by atoms with Gasteiger partial charge >= 0.3 is 0 Å². The van der Waals surface area contributed by atoms with Crippen molar-refractivity contribution in [3.63, 3.8) is 0 Å². The molecule has 2 aliphatic heterocycles. The molecule has 5 nitrogen and oxygen atoms in total. The first-order valence-corrected chi connectivity index (χ1v) is 20.0. The summed E-state index contributed by atoms with van der Waals surface area (Å²) >= 11 is 2.10. The SMILES string of the molecule is NC(=O)C(c1ccccc1)(c1ccccc1)C1CCN(CCCCCCCCN2CCC(C(C(=O)I)(c3ccccc3)C3C=CC=CC3)C2)C1. The number of likely N-dealkylation sites (tertiary alicyclic amines) is 2. The summed E-state index contributed by atoms with van der Waals surface area (Å²) in [5.74, 6) is 0.432. The molecule has 2 heterocycles. The maximum absolute atomic E-state index is 13.6.